The Morgan fingerprint density at radius 3 is 2.72 bits per heavy atom. The van der Waals surface area contributed by atoms with Gasteiger partial charge in [-0.2, -0.15) is 0 Å². The Hall–Kier alpha value is -1.72. The van der Waals surface area contributed by atoms with Gasteiger partial charge in [0.15, 0.2) is 0 Å². The van der Waals surface area contributed by atoms with Crippen molar-refractivity contribution < 1.29 is 9.90 Å². The summed E-state index contributed by atoms with van der Waals surface area (Å²) in [7, 11) is 0. The fourth-order valence-corrected chi connectivity index (χ4v) is 2.30. The molecule has 1 aromatic heterocycles. The van der Waals surface area contributed by atoms with Crippen LogP contribution in [0.25, 0.3) is 0 Å². The predicted octanol–water partition coefficient (Wildman–Crippen LogP) is 1.91. The molecule has 18 heavy (non-hydrogen) atoms. The number of thiazole rings is 1. The molecule has 1 amide bonds. The number of aromatic nitrogens is 1. The second-order valence-electron chi connectivity index (χ2n) is 3.86. The van der Waals surface area contributed by atoms with Crippen LogP contribution in [0.2, 0.25) is 0 Å². The number of nitrogens with one attached hydrogen (secondary N) is 1. The molecule has 1 heterocycles. The summed E-state index contributed by atoms with van der Waals surface area (Å²) in [5.74, 6) is -0.205. The third kappa shape index (κ3) is 2.94. The monoisotopic (exact) mass is 262 g/mol. The lowest BCUT2D eigenvalue weighted by atomic mass is 10.1. The van der Waals surface area contributed by atoms with Crippen LogP contribution in [0.15, 0.2) is 36.5 Å². The zero-order valence-corrected chi connectivity index (χ0v) is 10.8. The number of carbonyl (C=O) groups excluding carboxylic acids is 1. The zero-order valence-electron chi connectivity index (χ0n) is 9.96. The maximum absolute atomic E-state index is 11.9. The van der Waals surface area contributed by atoms with Crippen LogP contribution in [0.3, 0.4) is 0 Å². The summed E-state index contributed by atoms with van der Waals surface area (Å²) in [5, 5.41) is 13.0. The molecule has 0 saturated carbocycles. The van der Waals surface area contributed by atoms with E-state index in [0.29, 0.717) is 4.88 Å². The van der Waals surface area contributed by atoms with Gasteiger partial charge < -0.3 is 10.4 Å². The molecule has 0 aliphatic carbocycles. The van der Waals surface area contributed by atoms with Gasteiger partial charge in [-0.05, 0) is 12.5 Å². The van der Waals surface area contributed by atoms with Crippen LogP contribution in [-0.4, -0.2) is 22.6 Å². The SMILES string of the molecule is Cc1ncc(C(=O)NC(CO)c2ccccc2)s1. The molecule has 0 aliphatic heterocycles. The van der Waals surface area contributed by atoms with Crippen molar-refractivity contribution in [2.45, 2.75) is 13.0 Å². The lowest BCUT2D eigenvalue weighted by Gasteiger charge is -2.15. The van der Waals surface area contributed by atoms with Crippen LogP contribution in [0.4, 0.5) is 0 Å². The van der Waals surface area contributed by atoms with Crippen molar-refractivity contribution in [3.05, 3.63) is 52.0 Å². The van der Waals surface area contributed by atoms with Crippen molar-refractivity contribution in [3.8, 4) is 0 Å². The second kappa shape index (κ2) is 5.75. The predicted molar refractivity (Wildman–Crippen MR) is 70.6 cm³/mol. The fourth-order valence-electron chi connectivity index (χ4n) is 1.62. The molecule has 2 rings (SSSR count). The summed E-state index contributed by atoms with van der Waals surface area (Å²) in [4.78, 5) is 16.5. The number of nitrogens with zero attached hydrogens (tertiary/aromatic N) is 1. The number of amides is 1. The van der Waals surface area contributed by atoms with Gasteiger partial charge in [-0.15, -0.1) is 11.3 Å². The molecule has 0 fully saturated rings. The molecule has 2 N–H and O–H groups in total. The molecule has 0 saturated heterocycles. The number of aliphatic hydroxyl groups excluding tert-OH is 1. The van der Waals surface area contributed by atoms with E-state index in [9.17, 15) is 9.90 Å². The Labute approximate surface area is 109 Å². The number of aryl methyl sites for hydroxylation is 1. The third-order valence-electron chi connectivity index (χ3n) is 2.53. The Balaban J connectivity index is 2.10. The Bertz CT molecular complexity index is 525. The normalized spacial score (nSPS) is 12.1. The van der Waals surface area contributed by atoms with E-state index in [1.54, 1.807) is 6.20 Å². The van der Waals surface area contributed by atoms with Crippen LogP contribution in [0.1, 0.15) is 26.3 Å². The van der Waals surface area contributed by atoms with Crippen molar-refractivity contribution in [3.63, 3.8) is 0 Å². The van der Waals surface area contributed by atoms with E-state index in [-0.39, 0.29) is 18.6 Å². The molecule has 0 bridgehead atoms. The van der Waals surface area contributed by atoms with Gasteiger partial charge >= 0.3 is 0 Å². The Morgan fingerprint density at radius 2 is 2.17 bits per heavy atom. The van der Waals surface area contributed by atoms with E-state index in [0.717, 1.165) is 10.6 Å². The van der Waals surface area contributed by atoms with Gasteiger partial charge in [0.2, 0.25) is 0 Å². The average Bonchev–Trinajstić information content (AvgIpc) is 2.83. The number of hydrogen-bond donors (Lipinski definition) is 2. The smallest absolute Gasteiger partial charge is 0.263 e. The standard InChI is InChI=1S/C13H14N2O2S/c1-9-14-7-12(18-9)13(17)15-11(8-16)10-5-3-2-4-6-10/h2-7,11,16H,8H2,1H3,(H,15,17). The molecule has 1 atom stereocenters. The van der Waals surface area contributed by atoms with Gasteiger partial charge in [0.05, 0.1) is 23.9 Å². The molecule has 1 unspecified atom stereocenters. The van der Waals surface area contributed by atoms with Crippen molar-refractivity contribution in [2.24, 2.45) is 0 Å². The van der Waals surface area contributed by atoms with Crippen LogP contribution < -0.4 is 5.32 Å². The van der Waals surface area contributed by atoms with Crippen LogP contribution in [0.5, 0.6) is 0 Å². The van der Waals surface area contributed by atoms with Gasteiger partial charge in [-0.25, -0.2) is 4.98 Å². The maximum Gasteiger partial charge on any atom is 0.263 e. The minimum absolute atomic E-state index is 0.131. The Kier molecular flexibility index (Phi) is 4.07. The number of hydrogen-bond acceptors (Lipinski definition) is 4. The van der Waals surface area contributed by atoms with Crippen molar-refractivity contribution >= 4 is 17.2 Å². The highest BCUT2D eigenvalue weighted by Gasteiger charge is 2.16. The van der Waals surface area contributed by atoms with Crippen LogP contribution in [-0.2, 0) is 0 Å². The van der Waals surface area contributed by atoms with Crippen LogP contribution in [0, 0.1) is 6.92 Å². The van der Waals surface area contributed by atoms with E-state index in [2.05, 4.69) is 10.3 Å². The molecule has 2 aromatic rings. The highest BCUT2D eigenvalue weighted by atomic mass is 32.1. The lowest BCUT2D eigenvalue weighted by Crippen LogP contribution is -2.30. The number of aliphatic hydroxyl groups is 1. The number of carbonyl (C=O) groups is 1. The van der Waals surface area contributed by atoms with Gasteiger partial charge in [0.25, 0.3) is 5.91 Å². The molecule has 0 radical (unpaired) electrons. The second-order valence-corrected chi connectivity index (χ2v) is 5.10. The summed E-state index contributed by atoms with van der Waals surface area (Å²) < 4.78 is 0. The van der Waals surface area contributed by atoms with Gasteiger partial charge in [0, 0.05) is 0 Å². The molecular weight excluding hydrogens is 248 g/mol. The van der Waals surface area contributed by atoms with Gasteiger partial charge in [0.1, 0.15) is 4.88 Å². The Morgan fingerprint density at radius 1 is 1.44 bits per heavy atom. The number of benzene rings is 1. The molecule has 0 aliphatic rings. The van der Waals surface area contributed by atoms with Gasteiger partial charge in [-0.3, -0.25) is 4.79 Å². The fraction of sp³-hybridized carbons (Fsp3) is 0.231. The summed E-state index contributed by atoms with van der Waals surface area (Å²) in [6.07, 6.45) is 1.55. The summed E-state index contributed by atoms with van der Waals surface area (Å²) in [6, 6.07) is 9.01. The first-order valence-electron chi connectivity index (χ1n) is 5.60. The summed E-state index contributed by atoms with van der Waals surface area (Å²) in [5.41, 5.74) is 0.884. The van der Waals surface area contributed by atoms with Crippen molar-refractivity contribution in [1.29, 1.82) is 0 Å². The average molecular weight is 262 g/mol. The molecule has 4 nitrogen and oxygen atoms in total. The number of rotatable bonds is 4. The molecule has 5 heteroatoms. The van der Waals surface area contributed by atoms with Gasteiger partial charge in [-0.1, -0.05) is 30.3 Å². The summed E-state index contributed by atoms with van der Waals surface area (Å²) >= 11 is 1.34. The zero-order chi connectivity index (χ0) is 13.0. The van der Waals surface area contributed by atoms with Crippen molar-refractivity contribution in [2.75, 3.05) is 6.61 Å². The minimum atomic E-state index is -0.388. The quantitative estimate of drug-likeness (QED) is 0.884. The molecule has 0 spiro atoms. The molecule has 1 aromatic carbocycles. The first-order chi connectivity index (χ1) is 8.70. The van der Waals surface area contributed by atoms with Crippen LogP contribution >= 0.6 is 11.3 Å². The van der Waals surface area contributed by atoms with E-state index in [4.69, 9.17) is 0 Å². The minimum Gasteiger partial charge on any atom is -0.394 e. The highest BCUT2D eigenvalue weighted by Crippen LogP contribution is 2.15. The first kappa shape index (κ1) is 12.7. The van der Waals surface area contributed by atoms with Crippen molar-refractivity contribution in [1.82, 2.24) is 10.3 Å². The molecular formula is C13H14N2O2S. The third-order valence-corrected chi connectivity index (χ3v) is 3.45. The first-order valence-corrected chi connectivity index (χ1v) is 6.41. The highest BCUT2D eigenvalue weighted by molar-refractivity contribution is 7.13. The maximum atomic E-state index is 11.9. The summed E-state index contributed by atoms with van der Waals surface area (Å²) in [6.45, 7) is 1.72. The molecule has 94 valence electrons. The van der Waals surface area contributed by atoms with E-state index in [1.807, 2.05) is 37.3 Å². The lowest BCUT2D eigenvalue weighted by molar-refractivity contribution is 0.0920. The van der Waals surface area contributed by atoms with E-state index < -0.39 is 0 Å². The van der Waals surface area contributed by atoms with E-state index >= 15 is 0 Å². The largest absolute Gasteiger partial charge is 0.394 e. The van der Waals surface area contributed by atoms with E-state index in [1.165, 1.54) is 11.3 Å². The topological polar surface area (TPSA) is 62.2 Å².